The van der Waals surface area contributed by atoms with Crippen LogP contribution in [0.15, 0.2) is 24.3 Å². The van der Waals surface area contributed by atoms with Gasteiger partial charge in [-0.25, -0.2) is 4.79 Å². The van der Waals surface area contributed by atoms with Crippen LogP contribution in [0.4, 0.5) is 5.69 Å². The number of nitriles is 1. The summed E-state index contributed by atoms with van der Waals surface area (Å²) in [4.78, 5) is 22.7. The number of hydrogen-bond acceptors (Lipinski definition) is 3. The van der Waals surface area contributed by atoms with Gasteiger partial charge in [-0.3, -0.25) is 4.79 Å². The molecule has 1 rings (SSSR count). The first-order chi connectivity index (χ1) is 7.60. The Kier molecular flexibility index (Phi) is 3.62. The van der Waals surface area contributed by atoms with Gasteiger partial charge in [0.15, 0.2) is 0 Å². The summed E-state index contributed by atoms with van der Waals surface area (Å²) in [5.41, 5.74) is 0.769. The molecule has 1 amide bonds. The highest BCUT2D eigenvalue weighted by Crippen LogP contribution is 2.17. The Morgan fingerprint density at radius 1 is 1.62 bits per heavy atom. The van der Waals surface area contributed by atoms with Crippen molar-refractivity contribution in [2.75, 3.05) is 4.90 Å². The van der Waals surface area contributed by atoms with E-state index in [0.29, 0.717) is 17.7 Å². The lowest BCUT2D eigenvalue weighted by Gasteiger charge is -2.21. The second-order valence-electron chi connectivity index (χ2n) is 3.19. The molecule has 0 aromatic heterocycles. The van der Waals surface area contributed by atoms with E-state index in [-0.39, 0.29) is 0 Å². The van der Waals surface area contributed by atoms with Gasteiger partial charge in [-0.05, 0) is 25.1 Å². The van der Waals surface area contributed by atoms with Crippen molar-refractivity contribution < 1.29 is 14.7 Å². The minimum atomic E-state index is -1.10. The minimum absolute atomic E-state index is 0.377. The fourth-order valence-electron chi connectivity index (χ4n) is 1.23. The van der Waals surface area contributed by atoms with Gasteiger partial charge >= 0.3 is 5.97 Å². The van der Waals surface area contributed by atoms with Crippen molar-refractivity contribution in [1.82, 2.24) is 0 Å². The second kappa shape index (κ2) is 4.94. The molecule has 5 nitrogen and oxygen atoms in total. The van der Waals surface area contributed by atoms with Crippen molar-refractivity contribution in [2.24, 2.45) is 0 Å². The average molecular weight is 218 g/mol. The van der Waals surface area contributed by atoms with Crippen molar-refractivity contribution in [2.45, 2.75) is 13.0 Å². The third-order valence-electron chi connectivity index (χ3n) is 2.16. The number of carbonyl (C=O) groups excluding carboxylic acids is 1. The van der Waals surface area contributed by atoms with Crippen LogP contribution in [0, 0.1) is 11.3 Å². The van der Waals surface area contributed by atoms with Crippen molar-refractivity contribution >= 4 is 18.1 Å². The maximum absolute atomic E-state index is 10.8. The van der Waals surface area contributed by atoms with Crippen molar-refractivity contribution in [3.8, 4) is 6.07 Å². The zero-order valence-electron chi connectivity index (χ0n) is 8.62. The molecule has 0 aliphatic heterocycles. The maximum Gasteiger partial charge on any atom is 0.326 e. The molecule has 0 radical (unpaired) electrons. The summed E-state index contributed by atoms with van der Waals surface area (Å²) in [6, 6.07) is 7.18. The van der Waals surface area contributed by atoms with E-state index in [1.54, 1.807) is 18.2 Å². The monoisotopic (exact) mass is 218 g/mol. The molecule has 0 saturated carbocycles. The summed E-state index contributed by atoms with van der Waals surface area (Å²) in [7, 11) is 0. The smallest absolute Gasteiger partial charge is 0.326 e. The highest BCUT2D eigenvalue weighted by Gasteiger charge is 2.20. The second-order valence-corrected chi connectivity index (χ2v) is 3.19. The first-order valence-corrected chi connectivity index (χ1v) is 4.56. The minimum Gasteiger partial charge on any atom is -0.480 e. The molecule has 1 atom stereocenters. The Bertz CT molecular complexity index is 451. The normalized spacial score (nSPS) is 11.2. The number of nitrogens with zero attached hydrogens (tertiary/aromatic N) is 2. The molecule has 0 fully saturated rings. The summed E-state index contributed by atoms with van der Waals surface area (Å²) < 4.78 is 0. The predicted molar refractivity (Wildman–Crippen MR) is 56.8 cm³/mol. The molecule has 0 heterocycles. The van der Waals surface area contributed by atoms with Crippen LogP contribution < -0.4 is 4.90 Å². The molecule has 0 bridgehead atoms. The molecule has 5 heteroatoms. The standard InChI is InChI=1S/C11H10N2O3/c1-8(11(15)16)13(7-14)10-4-2-3-9(5-10)6-12/h2-5,7-8H,1H3,(H,15,16). The molecule has 1 unspecified atom stereocenters. The summed E-state index contributed by atoms with van der Waals surface area (Å²) in [6.07, 6.45) is 0.440. The first-order valence-electron chi connectivity index (χ1n) is 4.56. The fraction of sp³-hybridized carbons (Fsp3) is 0.182. The van der Waals surface area contributed by atoms with E-state index in [1.165, 1.54) is 13.0 Å². The Labute approximate surface area is 92.5 Å². The van der Waals surface area contributed by atoms with Crippen molar-refractivity contribution in [3.05, 3.63) is 29.8 Å². The lowest BCUT2D eigenvalue weighted by atomic mass is 10.2. The fourth-order valence-corrected chi connectivity index (χ4v) is 1.23. The van der Waals surface area contributed by atoms with Gasteiger partial charge in [0.2, 0.25) is 6.41 Å². The molecule has 16 heavy (non-hydrogen) atoms. The summed E-state index contributed by atoms with van der Waals surface area (Å²) in [5, 5.41) is 17.5. The molecule has 1 aromatic rings. The van der Waals surface area contributed by atoms with E-state index in [2.05, 4.69) is 0 Å². The molecule has 0 aliphatic carbocycles. The van der Waals surface area contributed by atoms with Crippen LogP contribution in [0.5, 0.6) is 0 Å². The number of rotatable bonds is 4. The van der Waals surface area contributed by atoms with Crippen molar-refractivity contribution in [1.29, 1.82) is 5.26 Å². The number of carboxylic acid groups (broad SMARTS) is 1. The van der Waals surface area contributed by atoms with Crippen LogP contribution in [-0.2, 0) is 9.59 Å². The zero-order valence-corrected chi connectivity index (χ0v) is 8.62. The highest BCUT2D eigenvalue weighted by atomic mass is 16.4. The number of carboxylic acids is 1. The predicted octanol–water partition coefficient (Wildman–Crippen LogP) is 0.994. The van der Waals surface area contributed by atoms with Gasteiger partial charge in [-0.2, -0.15) is 5.26 Å². The SMILES string of the molecule is CC(C(=O)O)N(C=O)c1cccc(C#N)c1. The molecule has 0 aliphatic rings. The van der Waals surface area contributed by atoms with Crippen LogP contribution in [0.1, 0.15) is 12.5 Å². The summed E-state index contributed by atoms with van der Waals surface area (Å²) in [6.45, 7) is 1.40. The average Bonchev–Trinajstić information content (AvgIpc) is 2.30. The number of anilines is 1. The van der Waals surface area contributed by atoms with E-state index in [9.17, 15) is 9.59 Å². The molecule has 1 N–H and O–H groups in total. The largest absolute Gasteiger partial charge is 0.480 e. The number of aliphatic carboxylic acids is 1. The van der Waals surface area contributed by atoms with Crippen LogP contribution in [-0.4, -0.2) is 23.5 Å². The van der Waals surface area contributed by atoms with Crippen molar-refractivity contribution in [3.63, 3.8) is 0 Å². The number of benzene rings is 1. The van der Waals surface area contributed by atoms with E-state index < -0.39 is 12.0 Å². The molecule has 0 spiro atoms. The molecule has 82 valence electrons. The first kappa shape index (κ1) is 11.7. The number of amides is 1. The Morgan fingerprint density at radius 2 is 2.31 bits per heavy atom. The lowest BCUT2D eigenvalue weighted by molar-refractivity contribution is -0.138. The van der Waals surface area contributed by atoms with Gasteiger partial charge in [0.25, 0.3) is 0 Å². The number of carbonyl (C=O) groups is 2. The van der Waals surface area contributed by atoms with E-state index in [1.807, 2.05) is 6.07 Å². The maximum atomic E-state index is 10.8. The third kappa shape index (κ3) is 2.36. The van der Waals surface area contributed by atoms with Gasteiger partial charge in [0.05, 0.1) is 11.6 Å². The third-order valence-corrected chi connectivity index (χ3v) is 2.16. The number of hydrogen-bond donors (Lipinski definition) is 1. The molecule has 1 aromatic carbocycles. The highest BCUT2D eigenvalue weighted by molar-refractivity contribution is 5.87. The summed E-state index contributed by atoms with van der Waals surface area (Å²) in [5.74, 6) is -1.10. The Hall–Kier alpha value is -2.35. The van der Waals surface area contributed by atoms with Gasteiger partial charge in [0.1, 0.15) is 6.04 Å². The molecule has 0 saturated heterocycles. The zero-order chi connectivity index (χ0) is 12.1. The van der Waals surface area contributed by atoms with E-state index in [4.69, 9.17) is 10.4 Å². The Balaban J connectivity index is 3.09. The quantitative estimate of drug-likeness (QED) is 0.764. The Morgan fingerprint density at radius 3 is 2.81 bits per heavy atom. The topological polar surface area (TPSA) is 81.4 Å². The molecular formula is C11H10N2O3. The lowest BCUT2D eigenvalue weighted by Crippen LogP contribution is -2.38. The van der Waals surface area contributed by atoms with Gasteiger partial charge in [-0.15, -0.1) is 0 Å². The van der Waals surface area contributed by atoms with Gasteiger partial charge in [-0.1, -0.05) is 6.07 Å². The van der Waals surface area contributed by atoms with Crippen LogP contribution in [0.25, 0.3) is 0 Å². The van der Waals surface area contributed by atoms with Crippen LogP contribution in [0.2, 0.25) is 0 Å². The van der Waals surface area contributed by atoms with Gasteiger partial charge in [0, 0.05) is 5.69 Å². The van der Waals surface area contributed by atoms with Gasteiger partial charge < -0.3 is 10.0 Å². The summed E-state index contributed by atoms with van der Waals surface area (Å²) >= 11 is 0. The van der Waals surface area contributed by atoms with Crippen LogP contribution >= 0.6 is 0 Å². The molecular weight excluding hydrogens is 208 g/mol. The van der Waals surface area contributed by atoms with E-state index >= 15 is 0 Å². The van der Waals surface area contributed by atoms with Crippen LogP contribution in [0.3, 0.4) is 0 Å². The van der Waals surface area contributed by atoms with E-state index in [0.717, 1.165) is 4.90 Å².